The number of nitrogens with zero attached hydrogens (tertiary/aromatic N) is 3. The fraction of sp³-hybridized carbons (Fsp3) is 0.643. The molecule has 0 saturated carbocycles. The Hall–Kier alpha value is -3.14. The van der Waals surface area contributed by atoms with Gasteiger partial charge in [0.2, 0.25) is 5.91 Å². The number of urea groups is 1. The molecule has 0 aliphatic carbocycles. The Labute approximate surface area is 225 Å². The summed E-state index contributed by atoms with van der Waals surface area (Å²) in [5.41, 5.74) is 6.42. The first-order valence-electron chi connectivity index (χ1n) is 13.6. The molecule has 0 aromatic heterocycles. The SMILES string of the molecule is CC(C)C(OC(=O)N1CCN(C(=O)N2C(=O)[C@H](CCCCN)[C@H]2C(=O)OCc2ccccc2)CC1)C(C)C. The lowest BCUT2D eigenvalue weighted by Crippen LogP contribution is -2.69. The van der Waals surface area contributed by atoms with Crippen LogP contribution in [0.15, 0.2) is 30.3 Å². The molecule has 2 atom stereocenters. The van der Waals surface area contributed by atoms with Gasteiger partial charge in [0.05, 0.1) is 5.92 Å². The molecule has 0 unspecified atom stereocenters. The molecule has 3 rings (SSSR count). The third kappa shape index (κ3) is 7.03. The molecule has 2 N–H and O–H groups in total. The molecule has 2 aliphatic rings. The lowest BCUT2D eigenvalue weighted by molar-refractivity contribution is -0.171. The molecular weight excluding hydrogens is 488 g/mol. The summed E-state index contributed by atoms with van der Waals surface area (Å²) < 4.78 is 11.2. The maximum Gasteiger partial charge on any atom is 0.410 e. The number of amides is 4. The highest BCUT2D eigenvalue weighted by molar-refractivity contribution is 6.07. The van der Waals surface area contributed by atoms with Gasteiger partial charge in [0, 0.05) is 26.2 Å². The van der Waals surface area contributed by atoms with Gasteiger partial charge >= 0.3 is 18.1 Å². The zero-order valence-electron chi connectivity index (χ0n) is 23.0. The van der Waals surface area contributed by atoms with E-state index in [-0.39, 0.29) is 43.5 Å². The van der Waals surface area contributed by atoms with E-state index in [0.717, 1.165) is 16.9 Å². The van der Waals surface area contributed by atoms with Crippen LogP contribution in [0.4, 0.5) is 9.59 Å². The summed E-state index contributed by atoms with van der Waals surface area (Å²) in [7, 11) is 0. The van der Waals surface area contributed by atoms with E-state index in [1.54, 1.807) is 4.90 Å². The van der Waals surface area contributed by atoms with E-state index in [0.29, 0.717) is 32.5 Å². The van der Waals surface area contributed by atoms with Crippen molar-refractivity contribution in [3.05, 3.63) is 35.9 Å². The number of piperazine rings is 1. The molecule has 2 saturated heterocycles. The topological polar surface area (TPSA) is 122 Å². The summed E-state index contributed by atoms with van der Waals surface area (Å²) >= 11 is 0. The number of hydrogen-bond donors (Lipinski definition) is 1. The zero-order chi connectivity index (χ0) is 27.8. The fourth-order valence-electron chi connectivity index (χ4n) is 5.10. The molecule has 210 valence electrons. The Kier molecular flexibility index (Phi) is 10.5. The zero-order valence-corrected chi connectivity index (χ0v) is 23.0. The van der Waals surface area contributed by atoms with E-state index in [1.807, 2.05) is 58.0 Å². The minimum atomic E-state index is -0.961. The summed E-state index contributed by atoms with van der Waals surface area (Å²) in [5, 5.41) is 0. The first kappa shape index (κ1) is 29.4. The van der Waals surface area contributed by atoms with Gasteiger partial charge in [-0.1, -0.05) is 64.4 Å². The summed E-state index contributed by atoms with van der Waals surface area (Å²) in [6, 6.07) is 7.77. The van der Waals surface area contributed by atoms with Gasteiger partial charge in [0.15, 0.2) is 6.04 Å². The molecule has 0 radical (unpaired) electrons. The van der Waals surface area contributed by atoms with Gasteiger partial charge in [0.1, 0.15) is 12.7 Å². The molecule has 1 aromatic carbocycles. The molecule has 38 heavy (non-hydrogen) atoms. The van der Waals surface area contributed by atoms with Gasteiger partial charge in [-0.2, -0.15) is 0 Å². The second-order valence-electron chi connectivity index (χ2n) is 10.7. The van der Waals surface area contributed by atoms with Crippen LogP contribution >= 0.6 is 0 Å². The molecule has 10 heteroatoms. The van der Waals surface area contributed by atoms with E-state index in [9.17, 15) is 19.2 Å². The van der Waals surface area contributed by atoms with E-state index in [1.165, 1.54) is 4.90 Å². The molecular formula is C28H42N4O6. The molecule has 2 fully saturated rings. The van der Waals surface area contributed by atoms with Crippen molar-refractivity contribution in [2.45, 2.75) is 65.7 Å². The summed E-state index contributed by atoms with van der Waals surface area (Å²) in [6.07, 6.45) is 1.30. The predicted molar refractivity (Wildman–Crippen MR) is 142 cm³/mol. The highest BCUT2D eigenvalue weighted by Crippen LogP contribution is 2.33. The summed E-state index contributed by atoms with van der Waals surface area (Å²) in [6.45, 7) is 9.70. The largest absolute Gasteiger partial charge is 0.459 e. The Balaban J connectivity index is 1.61. The number of β-lactam (4-membered cyclic amide) rings is 1. The third-order valence-electron chi connectivity index (χ3n) is 7.21. The maximum atomic E-state index is 13.4. The number of ether oxygens (including phenoxy) is 2. The Morgan fingerprint density at radius 3 is 2.13 bits per heavy atom. The minimum absolute atomic E-state index is 0.0659. The number of hydrogen-bond acceptors (Lipinski definition) is 7. The quantitative estimate of drug-likeness (QED) is 0.280. The number of carbonyl (C=O) groups excluding carboxylic acids is 4. The van der Waals surface area contributed by atoms with Crippen LogP contribution in [0.1, 0.15) is 52.5 Å². The van der Waals surface area contributed by atoms with Gasteiger partial charge < -0.3 is 25.0 Å². The van der Waals surface area contributed by atoms with Crippen molar-refractivity contribution < 1.29 is 28.7 Å². The highest BCUT2D eigenvalue weighted by atomic mass is 16.6. The van der Waals surface area contributed by atoms with Gasteiger partial charge in [-0.3, -0.25) is 4.79 Å². The lowest BCUT2D eigenvalue weighted by Gasteiger charge is -2.46. The van der Waals surface area contributed by atoms with Crippen molar-refractivity contribution in [2.24, 2.45) is 23.5 Å². The normalized spacial score (nSPS) is 19.7. The number of benzene rings is 1. The van der Waals surface area contributed by atoms with Crippen LogP contribution in [-0.2, 0) is 25.7 Å². The number of unbranched alkanes of at least 4 members (excludes halogenated alkanes) is 1. The third-order valence-corrected chi connectivity index (χ3v) is 7.21. The molecule has 0 bridgehead atoms. The van der Waals surface area contributed by atoms with Crippen molar-refractivity contribution in [1.29, 1.82) is 0 Å². The smallest absolute Gasteiger partial charge is 0.410 e. The van der Waals surface area contributed by atoms with Crippen LogP contribution in [0.25, 0.3) is 0 Å². The van der Waals surface area contributed by atoms with Crippen LogP contribution in [0.2, 0.25) is 0 Å². The fourth-order valence-corrected chi connectivity index (χ4v) is 5.10. The average Bonchev–Trinajstić information content (AvgIpc) is 2.91. The van der Waals surface area contributed by atoms with Crippen molar-refractivity contribution in [3.63, 3.8) is 0 Å². The second kappa shape index (κ2) is 13.6. The molecule has 2 heterocycles. The molecule has 0 spiro atoms. The molecule has 10 nitrogen and oxygen atoms in total. The van der Waals surface area contributed by atoms with Crippen LogP contribution in [0.3, 0.4) is 0 Å². The number of likely N-dealkylation sites (tertiary alicyclic amines) is 1. The first-order valence-corrected chi connectivity index (χ1v) is 13.6. The van der Waals surface area contributed by atoms with E-state index < -0.39 is 30.1 Å². The van der Waals surface area contributed by atoms with Gasteiger partial charge in [-0.15, -0.1) is 0 Å². The van der Waals surface area contributed by atoms with Gasteiger partial charge in [-0.25, -0.2) is 19.3 Å². The lowest BCUT2D eigenvalue weighted by atomic mass is 9.83. The predicted octanol–water partition coefficient (Wildman–Crippen LogP) is 3.24. The van der Waals surface area contributed by atoms with E-state index >= 15 is 0 Å². The average molecular weight is 531 g/mol. The number of nitrogens with two attached hydrogens (primary N) is 1. The Bertz CT molecular complexity index is 953. The highest BCUT2D eigenvalue weighted by Gasteiger charge is 2.56. The van der Waals surface area contributed by atoms with E-state index in [4.69, 9.17) is 15.2 Å². The van der Waals surface area contributed by atoms with Crippen molar-refractivity contribution in [3.8, 4) is 0 Å². The molecule has 1 aromatic rings. The summed E-state index contributed by atoms with van der Waals surface area (Å²) in [4.78, 5) is 56.3. The van der Waals surface area contributed by atoms with Crippen molar-refractivity contribution in [1.82, 2.24) is 14.7 Å². The minimum Gasteiger partial charge on any atom is -0.459 e. The van der Waals surface area contributed by atoms with Gasteiger partial charge in [0.25, 0.3) is 0 Å². The summed E-state index contributed by atoms with van der Waals surface area (Å²) in [5.74, 6) is -1.18. The van der Waals surface area contributed by atoms with Crippen molar-refractivity contribution >= 4 is 24.0 Å². The van der Waals surface area contributed by atoms with Crippen molar-refractivity contribution in [2.75, 3.05) is 32.7 Å². The number of imide groups is 1. The van der Waals surface area contributed by atoms with Crippen LogP contribution in [0.5, 0.6) is 0 Å². The monoisotopic (exact) mass is 530 g/mol. The molecule has 4 amide bonds. The first-order chi connectivity index (χ1) is 18.1. The number of carbonyl (C=O) groups is 4. The number of rotatable bonds is 10. The van der Waals surface area contributed by atoms with Crippen LogP contribution < -0.4 is 5.73 Å². The Morgan fingerprint density at radius 1 is 0.947 bits per heavy atom. The standard InChI is InChI=1S/C28H42N4O6/c1-19(2)24(20(3)4)38-28(36)31-16-14-30(15-17-31)27(35)32-23(22(25(32)33)12-8-9-13-29)26(34)37-18-21-10-6-5-7-11-21/h5-7,10-11,19-20,22-24H,8-9,12-18,29H2,1-4H3/t22-,23+/m1/s1. The van der Waals surface area contributed by atoms with Crippen LogP contribution in [0, 0.1) is 17.8 Å². The molecule has 2 aliphatic heterocycles. The Morgan fingerprint density at radius 2 is 1.55 bits per heavy atom. The van der Waals surface area contributed by atoms with E-state index in [2.05, 4.69) is 0 Å². The maximum absolute atomic E-state index is 13.4. The second-order valence-corrected chi connectivity index (χ2v) is 10.7. The number of esters is 1. The van der Waals surface area contributed by atoms with Gasteiger partial charge in [-0.05, 0) is 36.8 Å². The van der Waals surface area contributed by atoms with Crippen LogP contribution in [-0.4, -0.2) is 83.6 Å².